The van der Waals surface area contributed by atoms with Crippen molar-refractivity contribution in [3.05, 3.63) is 17.5 Å². The van der Waals surface area contributed by atoms with Gasteiger partial charge in [-0.3, -0.25) is 4.99 Å². The number of rotatable bonds is 10. The van der Waals surface area contributed by atoms with Gasteiger partial charge in [0.15, 0.2) is 15.8 Å². The Labute approximate surface area is 196 Å². The minimum Gasteiger partial charge on any atom is -0.390 e. The lowest BCUT2D eigenvalue weighted by Crippen LogP contribution is -2.40. The second kappa shape index (κ2) is 13.8. The van der Waals surface area contributed by atoms with Crippen LogP contribution in [0.25, 0.3) is 0 Å². The molecule has 29 heavy (non-hydrogen) atoms. The predicted molar refractivity (Wildman–Crippen MR) is 131 cm³/mol. The Hall–Kier alpha value is -0.430. The number of aliphatic hydroxyl groups excluding tert-OH is 1. The molecule has 1 unspecified atom stereocenters. The van der Waals surface area contributed by atoms with Gasteiger partial charge in [-0.2, -0.15) is 0 Å². The molecule has 2 rings (SSSR count). The molecule has 0 amide bonds. The number of piperidine rings is 1. The third kappa shape index (κ3) is 9.95. The van der Waals surface area contributed by atoms with E-state index in [0.717, 1.165) is 25.4 Å². The lowest BCUT2D eigenvalue weighted by molar-refractivity contribution is 0.191. The Bertz CT molecular complexity index is 690. The van der Waals surface area contributed by atoms with Crippen molar-refractivity contribution >= 4 is 51.1 Å². The van der Waals surface area contributed by atoms with Crippen molar-refractivity contribution < 1.29 is 13.5 Å². The van der Waals surface area contributed by atoms with E-state index < -0.39 is 15.9 Å². The van der Waals surface area contributed by atoms with Crippen LogP contribution < -0.4 is 10.6 Å². The molecule has 0 spiro atoms. The molecule has 1 aliphatic heterocycles. The van der Waals surface area contributed by atoms with E-state index in [1.165, 1.54) is 37.3 Å². The number of nitrogens with one attached hydrogen (secondary N) is 2. The van der Waals surface area contributed by atoms with Gasteiger partial charge < -0.3 is 20.6 Å². The van der Waals surface area contributed by atoms with E-state index in [9.17, 15) is 13.5 Å². The van der Waals surface area contributed by atoms with Crippen molar-refractivity contribution in [3.63, 3.8) is 0 Å². The third-order valence-corrected chi connectivity index (χ3v) is 8.12. The van der Waals surface area contributed by atoms with Crippen LogP contribution in [0.1, 0.15) is 33.1 Å². The Morgan fingerprint density at radius 3 is 2.72 bits per heavy atom. The first kappa shape index (κ1) is 26.6. The number of likely N-dealkylation sites (tertiary alicyclic amines) is 1. The fourth-order valence-corrected chi connectivity index (χ4v) is 5.63. The summed E-state index contributed by atoms with van der Waals surface area (Å²) in [5.74, 6) is 1.14. The van der Waals surface area contributed by atoms with E-state index in [4.69, 9.17) is 0 Å². The minimum atomic E-state index is -3.46. The molecule has 1 fully saturated rings. The van der Waals surface area contributed by atoms with Crippen molar-refractivity contribution in [3.8, 4) is 0 Å². The summed E-state index contributed by atoms with van der Waals surface area (Å²) in [6.07, 6.45) is 2.56. The van der Waals surface area contributed by atoms with Crippen LogP contribution in [0.3, 0.4) is 0 Å². The molecule has 0 bridgehead atoms. The highest BCUT2D eigenvalue weighted by Gasteiger charge is 2.20. The first-order valence-electron chi connectivity index (χ1n) is 10.1. The van der Waals surface area contributed by atoms with Crippen LogP contribution in [0.2, 0.25) is 0 Å². The average Bonchev–Trinajstić information content (AvgIpc) is 3.20. The number of hydrogen-bond acceptors (Lipinski definition) is 6. The minimum absolute atomic E-state index is 0. The number of halogens is 1. The molecule has 1 saturated heterocycles. The fraction of sp³-hybridized carbons (Fsp3) is 0.737. The number of guanidine groups is 1. The molecular weight excluding hydrogens is 523 g/mol. The number of thiophene rings is 1. The van der Waals surface area contributed by atoms with Crippen molar-refractivity contribution in [2.24, 2.45) is 10.9 Å². The van der Waals surface area contributed by atoms with Crippen molar-refractivity contribution in [2.45, 2.75) is 43.4 Å². The number of sulfone groups is 1. The van der Waals surface area contributed by atoms with E-state index in [1.54, 1.807) is 17.5 Å². The third-order valence-electron chi connectivity index (χ3n) is 4.84. The normalized spacial score (nSPS) is 17.6. The van der Waals surface area contributed by atoms with Gasteiger partial charge in [0.2, 0.25) is 0 Å². The van der Waals surface area contributed by atoms with Gasteiger partial charge in [0.05, 0.1) is 18.4 Å². The second-order valence-electron chi connectivity index (χ2n) is 7.39. The van der Waals surface area contributed by atoms with E-state index in [0.29, 0.717) is 12.5 Å². The standard InChI is InChI=1S/C19H34N4O3S2.HI/c1-3-20-19(21-9-5-10-23-11-7-16(2)8-12-23)22-14-17(24)15-28(25,26)18-6-4-13-27-18;/h4,6,13,16-17,24H,3,5,7-12,14-15H2,1-2H3,(H2,20,21,22);1H. The molecule has 2 heterocycles. The second-order valence-corrected chi connectivity index (χ2v) is 10.6. The largest absolute Gasteiger partial charge is 0.390 e. The maximum atomic E-state index is 12.2. The van der Waals surface area contributed by atoms with E-state index in [2.05, 4.69) is 27.4 Å². The molecule has 1 aliphatic rings. The highest BCUT2D eigenvalue weighted by Crippen LogP contribution is 2.18. The molecular formula is C19H35IN4O3S2. The molecule has 1 aromatic heterocycles. The Balaban J connectivity index is 0.00000420. The summed E-state index contributed by atoms with van der Waals surface area (Å²) in [5, 5.41) is 18.2. The molecule has 0 aromatic carbocycles. The van der Waals surface area contributed by atoms with Crippen molar-refractivity contribution in [1.29, 1.82) is 0 Å². The smallest absolute Gasteiger partial charge is 0.191 e. The maximum Gasteiger partial charge on any atom is 0.191 e. The molecule has 168 valence electrons. The van der Waals surface area contributed by atoms with Gasteiger partial charge in [-0.1, -0.05) is 13.0 Å². The molecule has 7 nitrogen and oxygen atoms in total. The first-order valence-corrected chi connectivity index (χ1v) is 12.6. The van der Waals surface area contributed by atoms with E-state index in [-0.39, 0.29) is 40.5 Å². The van der Waals surface area contributed by atoms with E-state index >= 15 is 0 Å². The van der Waals surface area contributed by atoms with Crippen LogP contribution in [0.4, 0.5) is 0 Å². The molecule has 10 heteroatoms. The van der Waals surface area contributed by atoms with Gasteiger partial charge >= 0.3 is 0 Å². The van der Waals surface area contributed by atoms with Crippen LogP contribution in [0, 0.1) is 5.92 Å². The number of hydrogen-bond donors (Lipinski definition) is 3. The summed E-state index contributed by atoms with van der Waals surface area (Å²) in [6, 6.07) is 3.25. The zero-order chi connectivity index (χ0) is 20.4. The van der Waals surface area contributed by atoms with Crippen molar-refractivity contribution in [2.75, 3.05) is 45.0 Å². The summed E-state index contributed by atoms with van der Waals surface area (Å²) in [4.78, 5) is 6.85. The van der Waals surface area contributed by atoms with Gasteiger partial charge in [-0.05, 0) is 63.2 Å². The molecule has 1 aromatic rings. The first-order chi connectivity index (χ1) is 13.4. The number of aliphatic hydroxyl groups is 1. The Morgan fingerprint density at radius 1 is 1.38 bits per heavy atom. The lowest BCUT2D eigenvalue weighted by atomic mass is 9.99. The molecule has 0 radical (unpaired) electrons. The van der Waals surface area contributed by atoms with Gasteiger partial charge in [0.25, 0.3) is 0 Å². The highest BCUT2D eigenvalue weighted by molar-refractivity contribution is 14.0. The molecule has 0 aliphatic carbocycles. The summed E-state index contributed by atoms with van der Waals surface area (Å²) in [7, 11) is -3.46. The van der Waals surface area contributed by atoms with Crippen LogP contribution in [-0.2, 0) is 9.84 Å². The zero-order valence-corrected chi connectivity index (χ0v) is 21.3. The summed E-state index contributed by atoms with van der Waals surface area (Å²) < 4.78 is 24.7. The zero-order valence-electron chi connectivity index (χ0n) is 17.3. The Kier molecular flexibility index (Phi) is 12.7. The lowest BCUT2D eigenvalue weighted by Gasteiger charge is -2.30. The van der Waals surface area contributed by atoms with Crippen LogP contribution >= 0.6 is 35.3 Å². The summed E-state index contributed by atoms with van der Waals surface area (Å²) in [6.45, 7) is 9.27. The quantitative estimate of drug-likeness (QED) is 0.177. The molecule has 1 atom stereocenters. The number of aliphatic imine (C=N–C) groups is 1. The van der Waals surface area contributed by atoms with Gasteiger partial charge in [-0.15, -0.1) is 35.3 Å². The molecule has 0 saturated carbocycles. The fourth-order valence-electron chi connectivity index (χ4n) is 3.16. The van der Waals surface area contributed by atoms with Gasteiger partial charge in [-0.25, -0.2) is 8.42 Å². The van der Waals surface area contributed by atoms with Crippen LogP contribution in [0.5, 0.6) is 0 Å². The molecule has 3 N–H and O–H groups in total. The monoisotopic (exact) mass is 558 g/mol. The van der Waals surface area contributed by atoms with Crippen molar-refractivity contribution in [1.82, 2.24) is 15.5 Å². The maximum absolute atomic E-state index is 12.2. The highest BCUT2D eigenvalue weighted by atomic mass is 127. The Morgan fingerprint density at radius 2 is 2.10 bits per heavy atom. The van der Waals surface area contributed by atoms with Crippen LogP contribution in [0.15, 0.2) is 26.7 Å². The topological polar surface area (TPSA) is 94.0 Å². The number of nitrogens with zero attached hydrogens (tertiary/aromatic N) is 2. The summed E-state index contributed by atoms with van der Waals surface area (Å²) in [5.41, 5.74) is 0. The summed E-state index contributed by atoms with van der Waals surface area (Å²) >= 11 is 1.17. The van der Waals surface area contributed by atoms with Crippen LogP contribution in [-0.4, -0.2) is 75.5 Å². The predicted octanol–water partition coefficient (Wildman–Crippen LogP) is 2.18. The van der Waals surface area contributed by atoms with E-state index in [1.807, 2.05) is 6.92 Å². The SMILES string of the molecule is CCNC(=NCC(O)CS(=O)(=O)c1cccs1)NCCCN1CCC(C)CC1.I. The van der Waals surface area contributed by atoms with Gasteiger partial charge in [0, 0.05) is 13.1 Å². The average molecular weight is 559 g/mol. The van der Waals surface area contributed by atoms with Gasteiger partial charge in [0.1, 0.15) is 4.21 Å².